The molecule has 1 spiro atoms. The van der Waals surface area contributed by atoms with Crippen LogP contribution in [0.25, 0.3) is 0 Å². The summed E-state index contributed by atoms with van der Waals surface area (Å²) >= 11 is 0. The first-order valence-electron chi connectivity index (χ1n) is 12.2. The highest BCUT2D eigenvalue weighted by Gasteiger charge is 2.76. The van der Waals surface area contributed by atoms with Crippen molar-refractivity contribution in [3.8, 4) is 17.2 Å². The lowest BCUT2D eigenvalue weighted by molar-refractivity contribution is -0.166. The van der Waals surface area contributed by atoms with E-state index in [1.807, 2.05) is 53.7 Å². The Morgan fingerprint density at radius 1 is 1.31 bits per heavy atom. The van der Waals surface area contributed by atoms with Gasteiger partial charge in [-0.05, 0) is 27.7 Å². The van der Waals surface area contributed by atoms with Crippen LogP contribution in [0.4, 0.5) is 0 Å². The Kier molecular flexibility index (Phi) is 4.84. The molecule has 6 heteroatoms. The zero-order chi connectivity index (χ0) is 25.7. The number of phenols is 1. The molecule has 0 radical (unpaired) electrons. The lowest BCUT2D eigenvalue weighted by Gasteiger charge is -2.53. The Labute approximate surface area is 206 Å². The molecule has 0 aromatic heterocycles. The third-order valence-corrected chi connectivity index (χ3v) is 8.51. The SMILES string of the molecule is C=CC(C)(C)c1c(O)cc(OC)c2c1O[C@]13C[C@@H]4[C@H](C=C1C2=O)[C@@](CC=C(C)C)(OC4(C)C)C3=O. The first-order valence-corrected chi connectivity index (χ1v) is 12.2. The lowest BCUT2D eigenvalue weighted by Crippen LogP contribution is -2.68. The summed E-state index contributed by atoms with van der Waals surface area (Å²) in [7, 11) is 1.45. The monoisotopic (exact) mass is 478 g/mol. The highest BCUT2D eigenvalue weighted by atomic mass is 16.6. The molecule has 2 heterocycles. The van der Waals surface area contributed by atoms with Gasteiger partial charge in [0.05, 0.1) is 12.7 Å². The second-order valence-electron chi connectivity index (χ2n) is 11.7. The maximum absolute atomic E-state index is 14.5. The van der Waals surface area contributed by atoms with Gasteiger partial charge < -0.3 is 19.3 Å². The standard InChI is InChI=1S/C29H34O6/c1-9-26(4,5)22-19(30)13-20(33-8)21-23(31)17-12-16-18-14-29(17,34-24(21)22)25(32)28(16,11-10-15(2)3)35-27(18,6)7/h9-10,12-13,16,18,30H,1,11,14H2,2-8H3/t16-,18+,28+,29+/m0/s1. The fourth-order valence-corrected chi connectivity index (χ4v) is 6.64. The van der Waals surface area contributed by atoms with Gasteiger partial charge in [0.1, 0.15) is 28.4 Å². The Balaban J connectivity index is 1.80. The Hall–Kier alpha value is -2.86. The number of aromatic hydroxyl groups is 1. The van der Waals surface area contributed by atoms with Crippen molar-refractivity contribution in [1.29, 1.82) is 0 Å². The maximum Gasteiger partial charge on any atom is 0.213 e. The quantitative estimate of drug-likeness (QED) is 0.584. The summed E-state index contributed by atoms with van der Waals surface area (Å²) in [6, 6.07) is 1.44. The smallest absolute Gasteiger partial charge is 0.213 e. The summed E-state index contributed by atoms with van der Waals surface area (Å²) < 4.78 is 18.8. The van der Waals surface area contributed by atoms with Crippen molar-refractivity contribution in [3.63, 3.8) is 0 Å². The molecule has 186 valence electrons. The summed E-state index contributed by atoms with van der Waals surface area (Å²) in [6.45, 7) is 15.7. The molecule has 0 amide bonds. The van der Waals surface area contributed by atoms with Crippen molar-refractivity contribution in [2.24, 2.45) is 11.8 Å². The molecule has 1 saturated carbocycles. The predicted octanol–water partition coefficient (Wildman–Crippen LogP) is 5.23. The van der Waals surface area contributed by atoms with Gasteiger partial charge in [-0.15, -0.1) is 6.58 Å². The Morgan fingerprint density at radius 2 is 2.00 bits per heavy atom. The molecule has 5 aliphatic rings. The van der Waals surface area contributed by atoms with E-state index in [1.165, 1.54) is 13.2 Å². The summed E-state index contributed by atoms with van der Waals surface area (Å²) in [4.78, 5) is 28.5. The zero-order valence-electron chi connectivity index (χ0n) is 21.6. The maximum atomic E-state index is 14.5. The number of benzene rings is 1. The van der Waals surface area contributed by atoms with Gasteiger partial charge in [0.25, 0.3) is 0 Å². The summed E-state index contributed by atoms with van der Waals surface area (Å²) in [5.74, 6) is -0.394. The summed E-state index contributed by atoms with van der Waals surface area (Å²) in [6.07, 6.45) is 6.42. The minimum Gasteiger partial charge on any atom is -0.507 e. The number of Topliss-reactive ketones (excluding diaryl/α,β-unsaturated/α-hetero) is 2. The molecule has 2 aliphatic heterocycles. The highest BCUT2D eigenvalue weighted by Crippen LogP contribution is 2.65. The van der Waals surface area contributed by atoms with E-state index in [1.54, 1.807) is 6.08 Å². The van der Waals surface area contributed by atoms with Crippen LogP contribution in [0.5, 0.6) is 17.2 Å². The molecule has 1 N–H and O–H groups in total. The lowest BCUT2D eigenvalue weighted by atomic mass is 9.53. The molecule has 6 nitrogen and oxygen atoms in total. The number of carbonyl (C=O) groups is 2. The van der Waals surface area contributed by atoms with Crippen molar-refractivity contribution in [2.45, 2.75) is 76.6 Å². The molecule has 3 aliphatic carbocycles. The van der Waals surface area contributed by atoms with Gasteiger partial charge in [-0.3, -0.25) is 9.59 Å². The average Bonchev–Trinajstić information content (AvgIpc) is 2.98. The van der Waals surface area contributed by atoms with Crippen molar-refractivity contribution >= 4 is 11.6 Å². The molecule has 4 atom stereocenters. The van der Waals surface area contributed by atoms with Gasteiger partial charge in [0.15, 0.2) is 5.60 Å². The number of rotatable bonds is 5. The molecule has 35 heavy (non-hydrogen) atoms. The van der Waals surface area contributed by atoms with E-state index in [-0.39, 0.29) is 46.2 Å². The van der Waals surface area contributed by atoms with Crippen LogP contribution in [-0.2, 0) is 14.9 Å². The third-order valence-electron chi connectivity index (χ3n) is 8.51. The number of phenolic OH excluding ortho intramolecular Hbond substituents is 1. The number of fused-ring (bicyclic) bond motifs is 1. The van der Waals surface area contributed by atoms with Gasteiger partial charge in [0.2, 0.25) is 11.6 Å². The van der Waals surface area contributed by atoms with Crippen LogP contribution in [-0.4, -0.2) is 40.6 Å². The second kappa shape index (κ2) is 7.10. The number of hydrogen-bond acceptors (Lipinski definition) is 6. The van der Waals surface area contributed by atoms with Crippen LogP contribution in [0.3, 0.4) is 0 Å². The molecule has 1 saturated heterocycles. The molecule has 6 rings (SSSR count). The second-order valence-corrected chi connectivity index (χ2v) is 11.7. The first kappa shape index (κ1) is 23.9. The normalized spacial score (nSPS) is 31.8. The first-order chi connectivity index (χ1) is 16.3. The fourth-order valence-electron chi connectivity index (χ4n) is 6.64. The predicted molar refractivity (Wildman–Crippen MR) is 132 cm³/mol. The molecule has 1 aromatic rings. The number of ketones is 2. The average molecular weight is 479 g/mol. The number of carbonyl (C=O) groups excluding carboxylic acids is 2. The number of allylic oxidation sites excluding steroid dienone is 2. The minimum atomic E-state index is -1.47. The van der Waals surface area contributed by atoms with Crippen LogP contribution < -0.4 is 9.47 Å². The summed E-state index contributed by atoms with van der Waals surface area (Å²) in [5, 5.41) is 11.0. The Morgan fingerprint density at radius 3 is 2.60 bits per heavy atom. The van der Waals surface area contributed by atoms with Crippen LogP contribution >= 0.6 is 0 Å². The molecule has 0 unspecified atom stereocenters. The van der Waals surface area contributed by atoms with E-state index in [4.69, 9.17) is 14.2 Å². The third kappa shape index (κ3) is 2.86. The van der Waals surface area contributed by atoms with Crippen molar-refractivity contribution in [1.82, 2.24) is 0 Å². The van der Waals surface area contributed by atoms with E-state index in [2.05, 4.69) is 6.58 Å². The van der Waals surface area contributed by atoms with E-state index >= 15 is 0 Å². The van der Waals surface area contributed by atoms with E-state index in [0.717, 1.165) is 5.57 Å². The minimum absolute atomic E-state index is 0.000989. The van der Waals surface area contributed by atoms with Gasteiger partial charge in [0, 0.05) is 47.3 Å². The van der Waals surface area contributed by atoms with Gasteiger partial charge in [-0.2, -0.15) is 0 Å². The van der Waals surface area contributed by atoms with Crippen LogP contribution in [0.15, 0.2) is 42.0 Å². The van der Waals surface area contributed by atoms with E-state index in [9.17, 15) is 14.7 Å². The Bertz CT molecular complexity index is 1240. The van der Waals surface area contributed by atoms with Crippen molar-refractivity contribution in [2.75, 3.05) is 7.11 Å². The summed E-state index contributed by atoms with van der Waals surface area (Å²) in [5.41, 5.74) is -1.77. The van der Waals surface area contributed by atoms with Gasteiger partial charge >= 0.3 is 0 Å². The number of methoxy groups -OCH3 is 1. The largest absolute Gasteiger partial charge is 0.507 e. The van der Waals surface area contributed by atoms with Crippen LogP contribution in [0.2, 0.25) is 0 Å². The van der Waals surface area contributed by atoms with E-state index < -0.39 is 22.2 Å². The van der Waals surface area contributed by atoms with Gasteiger partial charge in [-0.25, -0.2) is 0 Å². The molecule has 2 fully saturated rings. The van der Waals surface area contributed by atoms with Crippen LogP contribution in [0, 0.1) is 11.8 Å². The molecular weight excluding hydrogens is 444 g/mol. The van der Waals surface area contributed by atoms with Gasteiger partial charge in [-0.1, -0.05) is 37.6 Å². The fraction of sp³-hybridized carbons (Fsp3) is 0.517. The van der Waals surface area contributed by atoms with E-state index in [0.29, 0.717) is 24.0 Å². The molecular formula is C29H34O6. The van der Waals surface area contributed by atoms with Crippen molar-refractivity contribution in [3.05, 3.63) is 53.1 Å². The molecule has 1 aromatic carbocycles. The zero-order valence-corrected chi connectivity index (χ0v) is 21.6. The van der Waals surface area contributed by atoms with Crippen LogP contribution in [0.1, 0.15) is 70.3 Å². The van der Waals surface area contributed by atoms with Crippen molar-refractivity contribution < 1.29 is 28.9 Å². The molecule has 4 bridgehead atoms. The topological polar surface area (TPSA) is 82.1 Å². The number of ether oxygens (including phenoxy) is 3. The number of hydrogen-bond donors (Lipinski definition) is 1. The highest BCUT2D eigenvalue weighted by molar-refractivity contribution is 6.21.